The number of nitrogens with two attached hydrogens (primary N) is 1. The van der Waals surface area contributed by atoms with Crippen molar-refractivity contribution in [2.45, 2.75) is 19.9 Å². The Morgan fingerprint density at radius 3 is 2.82 bits per heavy atom. The van der Waals surface area contributed by atoms with Gasteiger partial charge >= 0.3 is 0 Å². The molecule has 5 nitrogen and oxygen atoms in total. The van der Waals surface area contributed by atoms with Crippen LogP contribution in [0.25, 0.3) is 0 Å². The third-order valence-electron chi connectivity index (χ3n) is 2.14. The van der Waals surface area contributed by atoms with Crippen LogP contribution in [0, 0.1) is 10.1 Å². The van der Waals surface area contributed by atoms with Crippen molar-refractivity contribution in [1.82, 2.24) is 0 Å². The molecule has 0 heterocycles. The van der Waals surface area contributed by atoms with Crippen LogP contribution in [0.3, 0.4) is 0 Å². The summed E-state index contributed by atoms with van der Waals surface area (Å²) in [4.78, 5) is 10.2. The Morgan fingerprint density at radius 1 is 1.53 bits per heavy atom. The second kappa shape index (κ2) is 6.34. The first-order valence-corrected chi connectivity index (χ1v) is 6.57. The lowest BCUT2D eigenvalue weighted by molar-refractivity contribution is -0.384. The molecule has 0 aliphatic rings. The second-order valence-electron chi connectivity index (χ2n) is 3.78. The number of nitro groups is 1. The number of rotatable bonds is 6. The molecule has 6 heteroatoms. The number of hydrogen-bond donors (Lipinski definition) is 2. The second-order valence-corrected chi connectivity index (χ2v) is 5.09. The maximum absolute atomic E-state index is 10.7. The van der Waals surface area contributed by atoms with Gasteiger partial charge in [-0.2, -0.15) is 11.8 Å². The monoisotopic (exact) mass is 255 g/mol. The summed E-state index contributed by atoms with van der Waals surface area (Å²) in [6.45, 7) is 4.14. The molecule has 1 rings (SSSR count). The van der Waals surface area contributed by atoms with Gasteiger partial charge in [-0.3, -0.25) is 10.1 Å². The van der Waals surface area contributed by atoms with Crippen molar-refractivity contribution in [3.8, 4) is 0 Å². The van der Waals surface area contributed by atoms with E-state index in [0.29, 0.717) is 11.4 Å². The number of benzene rings is 1. The van der Waals surface area contributed by atoms with Crippen LogP contribution in [-0.2, 0) is 0 Å². The number of thioether (sulfide) groups is 1. The van der Waals surface area contributed by atoms with E-state index in [1.165, 1.54) is 12.1 Å². The maximum Gasteiger partial charge on any atom is 0.273 e. The topological polar surface area (TPSA) is 81.2 Å². The first-order chi connectivity index (χ1) is 8.02. The number of nitrogen functional groups attached to an aromatic ring is 1. The van der Waals surface area contributed by atoms with E-state index in [4.69, 9.17) is 5.73 Å². The molecule has 3 N–H and O–H groups in total. The first-order valence-electron chi connectivity index (χ1n) is 5.42. The Kier molecular flexibility index (Phi) is 5.09. The lowest BCUT2D eigenvalue weighted by Crippen LogP contribution is -2.18. The molecular formula is C11H17N3O2S. The van der Waals surface area contributed by atoms with Crippen LogP contribution in [0.15, 0.2) is 18.2 Å². The zero-order valence-corrected chi connectivity index (χ0v) is 10.8. The van der Waals surface area contributed by atoms with Gasteiger partial charge in [0.2, 0.25) is 0 Å². The van der Waals surface area contributed by atoms with E-state index in [1.807, 2.05) is 18.7 Å². The van der Waals surface area contributed by atoms with Crippen molar-refractivity contribution in [2.24, 2.45) is 0 Å². The largest absolute Gasteiger partial charge is 0.398 e. The highest BCUT2D eigenvalue weighted by Gasteiger charge is 2.10. The van der Waals surface area contributed by atoms with E-state index >= 15 is 0 Å². The Hall–Kier alpha value is -1.43. The molecule has 0 radical (unpaired) electrons. The number of non-ortho nitro benzene ring substituents is 1. The Balaban J connectivity index is 2.73. The Labute approximate surface area is 105 Å². The summed E-state index contributed by atoms with van der Waals surface area (Å²) in [5, 5.41) is 13.9. The number of nitro benzene ring substituents is 1. The molecule has 0 aliphatic carbocycles. The van der Waals surface area contributed by atoms with E-state index in [-0.39, 0.29) is 11.7 Å². The summed E-state index contributed by atoms with van der Waals surface area (Å²) >= 11 is 1.82. The van der Waals surface area contributed by atoms with Crippen molar-refractivity contribution in [2.75, 3.05) is 22.6 Å². The van der Waals surface area contributed by atoms with Crippen LogP contribution in [0.1, 0.15) is 13.8 Å². The van der Waals surface area contributed by atoms with Crippen molar-refractivity contribution in [3.63, 3.8) is 0 Å². The molecule has 0 spiro atoms. The van der Waals surface area contributed by atoms with Gasteiger partial charge < -0.3 is 11.1 Å². The molecule has 0 aromatic heterocycles. The van der Waals surface area contributed by atoms with Crippen LogP contribution in [0.2, 0.25) is 0 Å². The van der Waals surface area contributed by atoms with Crippen LogP contribution in [-0.4, -0.2) is 22.5 Å². The fourth-order valence-corrected chi connectivity index (χ4v) is 2.12. The van der Waals surface area contributed by atoms with Gasteiger partial charge in [-0.1, -0.05) is 6.92 Å². The lowest BCUT2D eigenvalue weighted by atomic mass is 10.2. The minimum absolute atomic E-state index is 0.0165. The molecule has 0 bridgehead atoms. The van der Waals surface area contributed by atoms with E-state index in [0.717, 1.165) is 11.5 Å². The average molecular weight is 255 g/mol. The molecule has 0 fully saturated rings. The van der Waals surface area contributed by atoms with Crippen molar-refractivity contribution < 1.29 is 4.92 Å². The van der Waals surface area contributed by atoms with Gasteiger partial charge in [-0.05, 0) is 18.7 Å². The van der Waals surface area contributed by atoms with Crippen molar-refractivity contribution in [3.05, 3.63) is 28.3 Å². The van der Waals surface area contributed by atoms with Gasteiger partial charge in [0, 0.05) is 35.3 Å². The highest BCUT2D eigenvalue weighted by atomic mass is 32.2. The zero-order valence-electron chi connectivity index (χ0n) is 9.97. The van der Waals surface area contributed by atoms with Crippen molar-refractivity contribution in [1.29, 1.82) is 0 Å². The van der Waals surface area contributed by atoms with E-state index in [1.54, 1.807) is 6.07 Å². The predicted octanol–water partition coefficient (Wildman–Crippen LogP) is 2.73. The summed E-state index contributed by atoms with van der Waals surface area (Å²) in [5.74, 6) is 2.02. The highest BCUT2D eigenvalue weighted by Crippen LogP contribution is 2.23. The third kappa shape index (κ3) is 4.52. The molecule has 1 atom stereocenters. The van der Waals surface area contributed by atoms with E-state index in [2.05, 4.69) is 12.2 Å². The Morgan fingerprint density at radius 2 is 2.24 bits per heavy atom. The minimum atomic E-state index is -0.438. The molecule has 0 aliphatic heterocycles. The maximum atomic E-state index is 10.7. The van der Waals surface area contributed by atoms with Gasteiger partial charge in [-0.25, -0.2) is 0 Å². The quantitative estimate of drug-likeness (QED) is 0.464. The number of nitrogens with zero attached hydrogens (tertiary/aromatic N) is 1. The molecule has 17 heavy (non-hydrogen) atoms. The van der Waals surface area contributed by atoms with Crippen LogP contribution in [0.4, 0.5) is 17.1 Å². The predicted molar refractivity (Wildman–Crippen MR) is 73.6 cm³/mol. The molecule has 1 aromatic rings. The summed E-state index contributed by atoms with van der Waals surface area (Å²) < 4.78 is 0. The van der Waals surface area contributed by atoms with Gasteiger partial charge in [0.15, 0.2) is 0 Å². The fraction of sp³-hybridized carbons (Fsp3) is 0.455. The van der Waals surface area contributed by atoms with Crippen LogP contribution >= 0.6 is 11.8 Å². The minimum Gasteiger partial charge on any atom is -0.398 e. The highest BCUT2D eigenvalue weighted by molar-refractivity contribution is 7.99. The number of anilines is 2. The summed E-state index contributed by atoms with van der Waals surface area (Å²) in [6, 6.07) is 4.82. The molecule has 0 saturated carbocycles. The molecular weight excluding hydrogens is 238 g/mol. The van der Waals surface area contributed by atoms with E-state index in [9.17, 15) is 10.1 Å². The molecule has 0 amide bonds. The Bertz CT molecular complexity index is 398. The summed E-state index contributed by atoms with van der Waals surface area (Å²) in [5.41, 5.74) is 6.74. The molecule has 94 valence electrons. The van der Waals surface area contributed by atoms with Gasteiger partial charge in [0.05, 0.1) is 4.92 Å². The molecule has 1 aromatic carbocycles. The van der Waals surface area contributed by atoms with E-state index < -0.39 is 4.92 Å². The lowest BCUT2D eigenvalue weighted by Gasteiger charge is -2.14. The van der Waals surface area contributed by atoms with Gasteiger partial charge in [0.1, 0.15) is 0 Å². The smallest absolute Gasteiger partial charge is 0.273 e. The van der Waals surface area contributed by atoms with Crippen molar-refractivity contribution >= 4 is 28.8 Å². The fourth-order valence-electron chi connectivity index (χ4n) is 1.44. The summed E-state index contributed by atoms with van der Waals surface area (Å²) in [7, 11) is 0. The van der Waals surface area contributed by atoms with Crippen LogP contribution in [0.5, 0.6) is 0 Å². The molecule has 0 saturated heterocycles. The van der Waals surface area contributed by atoms with Gasteiger partial charge in [-0.15, -0.1) is 0 Å². The van der Waals surface area contributed by atoms with Gasteiger partial charge in [0.25, 0.3) is 5.69 Å². The SMILES string of the molecule is CCSCC(C)Nc1cc(N)cc([N+](=O)[O-])c1. The summed E-state index contributed by atoms with van der Waals surface area (Å²) in [6.07, 6.45) is 0. The molecule has 1 unspecified atom stereocenters. The van der Waals surface area contributed by atoms with Crippen LogP contribution < -0.4 is 11.1 Å². The third-order valence-corrected chi connectivity index (χ3v) is 3.28. The standard InChI is InChI=1S/C11H17N3O2S/c1-3-17-7-8(2)13-10-4-9(12)5-11(6-10)14(15)16/h4-6,8,13H,3,7,12H2,1-2H3. The zero-order chi connectivity index (χ0) is 12.8. The average Bonchev–Trinajstić information content (AvgIpc) is 2.25. The first kappa shape index (κ1) is 13.6. The normalized spacial score (nSPS) is 12.1. The number of hydrogen-bond acceptors (Lipinski definition) is 5. The number of nitrogens with one attached hydrogen (secondary N) is 1.